The van der Waals surface area contributed by atoms with E-state index in [1.54, 1.807) is 25.1 Å². The number of carboxylic acid groups (broad SMARTS) is 2. The molecular weight excluding hydrogens is 399 g/mol. The van der Waals surface area contributed by atoms with Crippen LogP contribution >= 0.6 is 0 Å². The first kappa shape index (κ1) is 23.9. The van der Waals surface area contributed by atoms with Crippen molar-refractivity contribution in [2.75, 3.05) is 23.4 Å². The van der Waals surface area contributed by atoms with Crippen molar-refractivity contribution >= 4 is 35.4 Å². The number of aliphatic carboxylic acids is 2. The van der Waals surface area contributed by atoms with Crippen molar-refractivity contribution in [3.8, 4) is 0 Å². The molecule has 11 heteroatoms. The van der Waals surface area contributed by atoms with Crippen molar-refractivity contribution in [2.45, 2.75) is 13.3 Å². The number of hydrogen-bond donors (Lipinski definition) is 4. The van der Waals surface area contributed by atoms with Gasteiger partial charge in [0.2, 0.25) is 11.6 Å². The lowest BCUT2D eigenvalue weighted by atomic mass is 10.1. The normalized spacial score (nSPS) is 10.1. The molecule has 0 bridgehead atoms. The maximum absolute atomic E-state index is 12.9. The molecule has 1 aromatic heterocycles. The number of rotatable bonds is 6. The van der Waals surface area contributed by atoms with Crippen molar-refractivity contribution in [3.05, 3.63) is 59.4 Å². The number of halogens is 1. The van der Waals surface area contributed by atoms with Crippen LogP contribution in [0.3, 0.4) is 0 Å². The van der Waals surface area contributed by atoms with Gasteiger partial charge in [0.05, 0.1) is 12.6 Å². The number of nitrogens with one attached hydrogen (secondary N) is 2. The number of nitrogen functional groups attached to an aromatic ring is 2. The Kier molecular flexibility index (Phi) is 9.27. The molecule has 7 N–H and O–H groups in total. The number of pyridine rings is 1. The molecule has 0 unspecified atom stereocenters. The maximum Gasteiger partial charge on any atom is 0.411 e. The van der Waals surface area contributed by atoms with Gasteiger partial charge in [0, 0.05) is 18.1 Å². The molecule has 30 heavy (non-hydrogen) atoms. The van der Waals surface area contributed by atoms with Crippen LogP contribution in [0.25, 0.3) is 0 Å². The summed E-state index contributed by atoms with van der Waals surface area (Å²) in [6.07, 6.45) is 0.818. The molecule has 1 amide bonds. The Morgan fingerprint density at radius 2 is 1.83 bits per heavy atom. The van der Waals surface area contributed by atoms with Crippen molar-refractivity contribution in [1.29, 1.82) is 0 Å². The zero-order valence-electron chi connectivity index (χ0n) is 16.0. The topological polar surface area (TPSA) is 182 Å². The number of carboxylic acids is 2. The Labute approximate surface area is 171 Å². The van der Waals surface area contributed by atoms with Crippen molar-refractivity contribution in [2.24, 2.45) is 0 Å². The molecule has 1 heterocycles. The summed E-state index contributed by atoms with van der Waals surface area (Å²) in [6, 6.07) is 7.77. The van der Waals surface area contributed by atoms with E-state index in [1.165, 1.54) is 12.1 Å². The van der Waals surface area contributed by atoms with Gasteiger partial charge in [-0.3, -0.25) is 5.32 Å². The Morgan fingerprint density at radius 1 is 1.20 bits per heavy atom. The predicted molar refractivity (Wildman–Crippen MR) is 103 cm³/mol. The Hall–Kier alpha value is -4.15. The molecule has 0 fully saturated rings. The summed E-state index contributed by atoms with van der Waals surface area (Å²) in [5, 5.41) is 19.8. The van der Waals surface area contributed by atoms with Gasteiger partial charge < -0.3 is 31.2 Å². The lowest BCUT2D eigenvalue weighted by Gasteiger charge is -2.09. The number of aromatic amines is 1. The summed E-state index contributed by atoms with van der Waals surface area (Å²) in [7, 11) is 0. The van der Waals surface area contributed by atoms with Gasteiger partial charge in [0.1, 0.15) is 11.5 Å². The summed E-state index contributed by atoms with van der Waals surface area (Å²) in [5.74, 6) is -2.49. The summed E-state index contributed by atoms with van der Waals surface area (Å²) in [5.41, 5.74) is 13.7. The smallest absolute Gasteiger partial charge is 0.411 e. The number of H-pyrrole nitrogens is 1. The molecule has 0 aliphatic rings. The standard InChI is InChI=1S/C15H17FN4O2.C4H4O4/c1-2-22-15(21)19-12-8-10(13(17)20-14(12)18)7-9-3-5-11(16)6-4-9;5-3(6)1-2-4(7)8/h3-6,8H,2,7H2,1H3,(H,19,21)(H4,17,18,20);1-2H,(H,5,6)(H,7,8)/b;2-1+. The van der Waals surface area contributed by atoms with Gasteiger partial charge in [-0.15, -0.1) is 0 Å². The van der Waals surface area contributed by atoms with E-state index in [0.29, 0.717) is 30.1 Å². The molecule has 0 saturated heterocycles. The summed E-state index contributed by atoms with van der Waals surface area (Å²) < 4.78 is 17.7. The van der Waals surface area contributed by atoms with Crippen molar-refractivity contribution in [1.82, 2.24) is 0 Å². The highest BCUT2D eigenvalue weighted by molar-refractivity contribution is 5.89. The largest absolute Gasteiger partial charge is 0.545 e. The first-order valence-corrected chi connectivity index (χ1v) is 8.52. The van der Waals surface area contributed by atoms with Crippen molar-refractivity contribution < 1.29 is 38.7 Å². The molecule has 0 saturated carbocycles. The minimum absolute atomic E-state index is 0.230. The molecular formula is C19H21FN4O6. The van der Waals surface area contributed by atoms with E-state index in [9.17, 15) is 23.9 Å². The zero-order valence-corrected chi connectivity index (χ0v) is 16.0. The van der Waals surface area contributed by atoms with E-state index in [0.717, 1.165) is 11.1 Å². The Balaban J connectivity index is 0.000000479. The van der Waals surface area contributed by atoms with Gasteiger partial charge >= 0.3 is 12.1 Å². The van der Waals surface area contributed by atoms with E-state index in [4.69, 9.17) is 21.3 Å². The van der Waals surface area contributed by atoms with E-state index in [1.807, 2.05) is 0 Å². The highest BCUT2D eigenvalue weighted by Crippen LogP contribution is 2.21. The number of benzene rings is 1. The molecule has 2 aromatic rings. The van der Waals surface area contributed by atoms with Gasteiger partial charge in [-0.2, -0.15) is 0 Å². The fourth-order valence-corrected chi connectivity index (χ4v) is 2.11. The van der Waals surface area contributed by atoms with Crippen LogP contribution in [0.15, 0.2) is 42.5 Å². The third kappa shape index (κ3) is 8.69. The number of aromatic nitrogens is 1. The fraction of sp³-hybridized carbons (Fsp3) is 0.158. The van der Waals surface area contributed by atoms with Crippen LogP contribution < -0.4 is 26.9 Å². The Morgan fingerprint density at radius 3 is 2.33 bits per heavy atom. The van der Waals surface area contributed by atoms with Crippen LogP contribution in [0, 0.1) is 5.82 Å². The molecule has 0 radical (unpaired) electrons. The molecule has 0 aliphatic heterocycles. The molecule has 0 aliphatic carbocycles. The Bertz CT molecular complexity index is 915. The monoisotopic (exact) mass is 420 g/mol. The highest BCUT2D eigenvalue weighted by atomic mass is 19.1. The van der Waals surface area contributed by atoms with E-state index < -0.39 is 18.0 Å². The molecule has 160 valence electrons. The van der Waals surface area contributed by atoms with E-state index in [2.05, 4.69) is 10.3 Å². The minimum atomic E-state index is -1.51. The second-order valence-corrected chi connectivity index (χ2v) is 5.67. The molecule has 0 spiro atoms. The second-order valence-electron chi connectivity index (χ2n) is 5.67. The summed E-state index contributed by atoms with van der Waals surface area (Å²) in [4.78, 5) is 33.2. The molecule has 10 nitrogen and oxygen atoms in total. The SMILES string of the molecule is CCOC(=O)Nc1cc(Cc2ccc(F)cc2)c(N)[nH+]c1N.O=C([O-])/C=C/C(=O)O. The van der Waals surface area contributed by atoms with Crippen LogP contribution in [0.1, 0.15) is 18.1 Å². The number of carbonyl (C=O) groups is 3. The summed E-state index contributed by atoms with van der Waals surface area (Å²) in [6.45, 7) is 1.96. The number of carbonyl (C=O) groups excluding carboxylic acids is 2. The van der Waals surface area contributed by atoms with Crippen LogP contribution in [-0.2, 0) is 20.7 Å². The van der Waals surface area contributed by atoms with Crippen LogP contribution in [-0.4, -0.2) is 29.7 Å². The predicted octanol–water partition coefficient (Wildman–Crippen LogP) is 0.341. The molecule has 2 rings (SSSR count). The maximum atomic E-state index is 12.9. The van der Waals surface area contributed by atoms with Crippen LogP contribution in [0.4, 0.5) is 26.5 Å². The van der Waals surface area contributed by atoms with Gasteiger partial charge in [-0.25, -0.2) is 19.0 Å². The zero-order chi connectivity index (χ0) is 22.7. The second kappa shape index (κ2) is 11.6. The number of ether oxygens (including phenoxy) is 1. The third-order valence-electron chi connectivity index (χ3n) is 3.41. The van der Waals surface area contributed by atoms with Gasteiger partial charge in [0.25, 0.3) is 0 Å². The van der Waals surface area contributed by atoms with Crippen LogP contribution in [0.2, 0.25) is 0 Å². The van der Waals surface area contributed by atoms with E-state index in [-0.39, 0.29) is 18.2 Å². The number of amides is 1. The third-order valence-corrected chi connectivity index (χ3v) is 3.41. The number of anilines is 3. The first-order valence-electron chi connectivity index (χ1n) is 8.52. The summed E-state index contributed by atoms with van der Waals surface area (Å²) >= 11 is 0. The van der Waals surface area contributed by atoms with Gasteiger partial charge in [-0.05, 0) is 36.8 Å². The lowest BCUT2D eigenvalue weighted by Crippen LogP contribution is -2.23. The average molecular weight is 420 g/mol. The van der Waals surface area contributed by atoms with E-state index >= 15 is 0 Å². The lowest BCUT2D eigenvalue weighted by molar-refractivity contribution is -0.342. The highest BCUT2D eigenvalue weighted by Gasteiger charge is 2.14. The van der Waals surface area contributed by atoms with Gasteiger partial charge in [0.15, 0.2) is 0 Å². The molecule has 0 atom stereocenters. The number of nitrogens with two attached hydrogens (primary N) is 2. The average Bonchev–Trinajstić information content (AvgIpc) is 2.66. The molecule has 1 aromatic carbocycles. The van der Waals surface area contributed by atoms with Gasteiger partial charge in [-0.1, -0.05) is 12.1 Å². The minimum Gasteiger partial charge on any atom is -0.545 e. The fourth-order valence-electron chi connectivity index (χ4n) is 2.11. The quantitative estimate of drug-likeness (QED) is 0.482. The van der Waals surface area contributed by atoms with Crippen molar-refractivity contribution in [3.63, 3.8) is 0 Å². The first-order chi connectivity index (χ1) is 14.1. The van der Waals surface area contributed by atoms with Crippen LogP contribution in [0.5, 0.6) is 0 Å². The number of hydrogen-bond acceptors (Lipinski definition) is 7.